The van der Waals surface area contributed by atoms with Crippen LogP contribution < -0.4 is 10.5 Å². The summed E-state index contributed by atoms with van der Waals surface area (Å²) in [5.41, 5.74) is 0.419. The molecule has 0 saturated heterocycles. The summed E-state index contributed by atoms with van der Waals surface area (Å²) >= 11 is 3.20. The van der Waals surface area contributed by atoms with Crippen molar-refractivity contribution >= 4 is 31.9 Å². The van der Waals surface area contributed by atoms with Crippen molar-refractivity contribution in [2.24, 2.45) is 5.14 Å². The van der Waals surface area contributed by atoms with Crippen molar-refractivity contribution in [3.63, 3.8) is 0 Å². The van der Waals surface area contributed by atoms with Crippen LogP contribution in [0.1, 0.15) is 16.9 Å². The van der Waals surface area contributed by atoms with Crippen molar-refractivity contribution in [1.29, 1.82) is 0 Å². The predicted molar refractivity (Wildman–Crippen MR) is 63.4 cm³/mol. The third-order valence-corrected chi connectivity index (χ3v) is 3.10. The predicted octanol–water partition coefficient (Wildman–Crippen LogP) is 0.186. The molecule has 90 valence electrons. The number of amides is 1. The van der Waals surface area contributed by atoms with Gasteiger partial charge in [0.25, 0.3) is 5.91 Å². The van der Waals surface area contributed by atoms with E-state index in [9.17, 15) is 13.2 Å². The second-order valence-electron chi connectivity index (χ2n) is 3.21. The maximum absolute atomic E-state index is 11.4. The van der Waals surface area contributed by atoms with E-state index in [4.69, 9.17) is 5.14 Å². The van der Waals surface area contributed by atoms with Crippen molar-refractivity contribution in [1.82, 2.24) is 10.3 Å². The smallest absolute Gasteiger partial charge is 0.267 e. The Morgan fingerprint density at radius 1 is 1.56 bits per heavy atom. The first-order chi connectivity index (χ1) is 7.38. The van der Waals surface area contributed by atoms with Crippen LogP contribution in [0.2, 0.25) is 0 Å². The number of hydrogen-bond donors (Lipinski definition) is 3. The van der Waals surface area contributed by atoms with E-state index in [2.05, 4.69) is 26.2 Å². The monoisotopic (exact) mass is 309 g/mol. The summed E-state index contributed by atoms with van der Waals surface area (Å²) in [5, 5.41) is 7.39. The van der Waals surface area contributed by atoms with Gasteiger partial charge >= 0.3 is 0 Å². The largest absolute Gasteiger partial charge is 0.356 e. The minimum Gasteiger partial charge on any atom is -0.356 e. The van der Waals surface area contributed by atoms with Gasteiger partial charge < -0.3 is 10.3 Å². The number of carbonyl (C=O) groups is 1. The Kier molecular flexibility index (Phi) is 4.51. The number of primary sulfonamides is 1. The highest BCUT2D eigenvalue weighted by atomic mass is 79.9. The zero-order valence-electron chi connectivity index (χ0n) is 8.36. The third-order valence-electron chi connectivity index (χ3n) is 1.78. The molecule has 0 aliphatic carbocycles. The van der Waals surface area contributed by atoms with Crippen LogP contribution in [0, 0.1) is 0 Å². The van der Waals surface area contributed by atoms with E-state index in [-0.39, 0.29) is 18.2 Å². The summed E-state index contributed by atoms with van der Waals surface area (Å²) in [4.78, 5) is 14.2. The highest BCUT2D eigenvalue weighted by molar-refractivity contribution is 9.10. The van der Waals surface area contributed by atoms with E-state index in [1.165, 1.54) is 0 Å². The molecule has 0 aromatic carbocycles. The van der Waals surface area contributed by atoms with Crippen molar-refractivity contribution in [2.75, 3.05) is 12.3 Å². The number of halogens is 1. The first kappa shape index (κ1) is 13.2. The van der Waals surface area contributed by atoms with E-state index in [0.717, 1.165) is 4.47 Å². The lowest BCUT2D eigenvalue weighted by atomic mass is 10.4. The average Bonchev–Trinajstić information content (AvgIpc) is 2.57. The molecule has 16 heavy (non-hydrogen) atoms. The van der Waals surface area contributed by atoms with Crippen LogP contribution in [0.3, 0.4) is 0 Å². The number of nitrogens with one attached hydrogen (secondary N) is 2. The molecular formula is C8H12BrN3O3S. The fourth-order valence-electron chi connectivity index (χ4n) is 1.07. The lowest BCUT2D eigenvalue weighted by Gasteiger charge is -2.02. The summed E-state index contributed by atoms with van der Waals surface area (Å²) in [7, 11) is -3.45. The van der Waals surface area contributed by atoms with Crippen LogP contribution in [0.5, 0.6) is 0 Å². The van der Waals surface area contributed by atoms with Gasteiger partial charge in [0.05, 0.1) is 5.75 Å². The number of rotatable bonds is 5. The fraction of sp³-hybridized carbons (Fsp3) is 0.375. The fourth-order valence-corrected chi connectivity index (χ4v) is 1.96. The Hall–Kier alpha value is -0.860. The molecule has 0 aliphatic rings. The zero-order chi connectivity index (χ0) is 12.2. The van der Waals surface area contributed by atoms with Crippen LogP contribution >= 0.6 is 15.9 Å². The topological polar surface area (TPSA) is 105 Å². The van der Waals surface area contributed by atoms with Gasteiger partial charge in [-0.1, -0.05) is 0 Å². The van der Waals surface area contributed by atoms with Crippen LogP contribution in [0.4, 0.5) is 0 Å². The molecule has 0 radical (unpaired) electrons. The quantitative estimate of drug-likeness (QED) is 0.676. The number of carbonyl (C=O) groups excluding carboxylic acids is 1. The number of hydrogen-bond acceptors (Lipinski definition) is 3. The second-order valence-corrected chi connectivity index (χ2v) is 5.86. The molecule has 0 bridgehead atoms. The summed E-state index contributed by atoms with van der Waals surface area (Å²) in [6.45, 7) is 0.270. The molecule has 6 nitrogen and oxygen atoms in total. The Morgan fingerprint density at radius 2 is 2.25 bits per heavy atom. The molecule has 0 fully saturated rings. The summed E-state index contributed by atoms with van der Waals surface area (Å²) in [5.74, 6) is -0.415. The molecule has 4 N–H and O–H groups in total. The SMILES string of the molecule is NS(=O)(=O)CCCNC(=O)c1cc(Br)c[nH]1. The molecule has 0 spiro atoms. The molecule has 8 heteroatoms. The van der Waals surface area contributed by atoms with Gasteiger partial charge in [-0.2, -0.15) is 0 Å². The molecule has 1 aromatic rings. The van der Waals surface area contributed by atoms with Gasteiger partial charge in [-0.05, 0) is 28.4 Å². The van der Waals surface area contributed by atoms with Crippen LogP contribution in [0.15, 0.2) is 16.7 Å². The number of H-pyrrole nitrogens is 1. The van der Waals surface area contributed by atoms with Crippen molar-refractivity contribution in [3.8, 4) is 0 Å². The Morgan fingerprint density at radius 3 is 2.75 bits per heavy atom. The molecular weight excluding hydrogens is 298 g/mol. The van der Waals surface area contributed by atoms with E-state index in [0.29, 0.717) is 12.1 Å². The van der Waals surface area contributed by atoms with E-state index < -0.39 is 10.0 Å². The third kappa shape index (κ3) is 4.77. The van der Waals surface area contributed by atoms with Crippen molar-refractivity contribution < 1.29 is 13.2 Å². The van der Waals surface area contributed by atoms with Gasteiger partial charge in [0.2, 0.25) is 10.0 Å². The normalized spacial score (nSPS) is 11.4. The molecule has 0 saturated carbocycles. The highest BCUT2D eigenvalue weighted by Crippen LogP contribution is 2.10. The van der Waals surface area contributed by atoms with Gasteiger partial charge in [-0.15, -0.1) is 0 Å². The molecule has 1 aromatic heterocycles. The Labute approximate surface area is 102 Å². The minimum absolute atomic E-state index is 0.137. The molecule has 0 aliphatic heterocycles. The summed E-state index contributed by atoms with van der Waals surface area (Å²) in [6, 6.07) is 1.63. The molecule has 1 rings (SSSR count). The summed E-state index contributed by atoms with van der Waals surface area (Å²) in [6.07, 6.45) is 1.94. The first-order valence-corrected chi connectivity index (χ1v) is 7.02. The van der Waals surface area contributed by atoms with Gasteiger partial charge in [0.15, 0.2) is 0 Å². The molecule has 1 amide bonds. The standard InChI is InChI=1S/C8H12BrN3O3S/c9-6-4-7(12-5-6)8(13)11-2-1-3-16(10,14)15/h4-5,12H,1-3H2,(H,11,13)(H2,10,14,15). The van der Waals surface area contributed by atoms with E-state index >= 15 is 0 Å². The number of aromatic nitrogens is 1. The van der Waals surface area contributed by atoms with Gasteiger partial charge in [0.1, 0.15) is 5.69 Å². The lowest BCUT2D eigenvalue weighted by Crippen LogP contribution is -2.27. The van der Waals surface area contributed by atoms with Crippen molar-refractivity contribution in [3.05, 3.63) is 22.4 Å². The van der Waals surface area contributed by atoms with Gasteiger partial charge in [-0.25, -0.2) is 13.6 Å². The Bertz CT molecular complexity index is 469. The second kappa shape index (κ2) is 5.46. The highest BCUT2D eigenvalue weighted by Gasteiger charge is 2.07. The van der Waals surface area contributed by atoms with Crippen LogP contribution in [-0.4, -0.2) is 31.6 Å². The zero-order valence-corrected chi connectivity index (χ0v) is 10.8. The van der Waals surface area contributed by atoms with Crippen LogP contribution in [0.25, 0.3) is 0 Å². The average molecular weight is 310 g/mol. The van der Waals surface area contributed by atoms with E-state index in [1.54, 1.807) is 12.3 Å². The summed E-state index contributed by atoms with van der Waals surface area (Å²) < 4.78 is 22.0. The van der Waals surface area contributed by atoms with E-state index in [1.807, 2.05) is 0 Å². The van der Waals surface area contributed by atoms with Gasteiger partial charge in [0, 0.05) is 17.2 Å². The maximum atomic E-state index is 11.4. The lowest BCUT2D eigenvalue weighted by molar-refractivity contribution is 0.0949. The molecule has 0 unspecified atom stereocenters. The Balaban J connectivity index is 2.31. The maximum Gasteiger partial charge on any atom is 0.267 e. The molecule has 0 atom stereocenters. The van der Waals surface area contributed by atoms with Crippen LogP contribution in [-0.2, 0) is 10.0 Å². The minimum atomic E-state index is -3.45. The number of nitrogens with two attached hydrogens (primary N) is 1. The number of sulfonamides is 1. The molecule has 1 heterocycles. The first-order valence-electron chi connectivity index (χ1n) is 4.51. The number of aromatic amines is 1. The van der Waals surface area contributed by atoms with Gasteiger partial charge in [-0.3, -0.25) is 4.79 Å². The van der Waals surface area contributed by atoms with Crippen molar-refractivity contribution in [2.45, 2.75) is 6.42 Å².